The minimum atomic E-state index is -1.90. The Morgan fingerprint density at radius 3 is 2.33 bits per heavy atom. The molecule has 6 heteroatoms. The Hall–Kier alpha value is -0.980. The second-order valence-corrected chi connectivity index (χ2v) is 3.76. The highest BCUT2D eigenvalue weighted by molar-refractivity contribution is 6.09. The van der Waals surface area contributed by atoms with Gasteiger partial charge in [-0.3, -0.25) is 4.79 Å². The second-order valence-electron chi connectivity index (χ2n) is 3.76. The van der Waals surface area contributed by atoms with Gasteiger partial charge < -0.3 is 22.3 Å². The summed E-state index contributed by atoms with van der Waals surface area (Å²) in [6, 6.07) is -0.831. The number of carboxylic acids is 1. The SMILES string of the molecule is C[C@](N)(C(=O)O)C(=O)[C@@H](N)CCCCN. The topological polar surface area (TPSA) is 132 Å². The minimum absolute atomic E-state index is 0.413. The number of unbranched alkanes of at least 4 members (excludes halogenated alkanes) is 1. The molecule has 0 bridgehead atoms. The first-order chi connectivity index (χ1) is 6.84. The smallest absolute Gasteiger partial charge is 0.331 e. The highest BCUT2D eigenvalue weighted by Gasteiger charge is 2.39. The number of carbonyl (C=O) groups excluding carboxylic acids is 1. The molecule has 0 aliphatic carbocycles. The van der Waals surface area contributed by atoms with E-state index < -0.39 is 23.3 Å². The fourth-order valence-electron chi connectivity index (χ4n) is 1.13. The first-order valence-electron chi connectivity index (χ1n) is 4.86. The van der Waals surface area contributed by atoms with E-state index >= 15 is 0 Å². The maximum absolute atomic E-state index is 11.5. The van der Waals surface area contributed by atoms with E-state index in [2.05, 4.69) is 0 Å². The monoisotopic (exact) mass is 217 g/mol. The van der Waals surface area contributed by atoms with Gasteiger partial charge in [0.25, 0.3) is 0 Å². The highest BCUT2D eigenvalue weighted by Crippen LogP contribution is 2.08. The fourth-order valence-corrected chi connectivity index (χ4v) is 1.13. The van der Waals surface area contributed by atoms with Gasteiger partial charge in [0.2, 0.25) is 0 Å². The molecule has 0 aromatic rings. The van der Waals surface area contributed by atoms with Crippen LogP contribution in [0.15, 0.2) is 0 Å². The summed E-state index contributed by atoms with van der Waals surface area (Å²) in [5, 5.41) is 8.71. The standard InChI is InChI=1S/C9H19N3O3/c1-9(12,8(14)15)7(13)6(11)4-2-3-5-10/h6H,2-5,10-12H2,1H3,(H,14,15)/t6-,9+/m0/s1. The van der Waals surface area contributed by atoms with E-state index in [-0.39, 0.29) is 0 Å². The van der Waals surface area contributed by atoms with Crippen molar-refractivity contribution in [3.63, 3.8) is 0 Å². The number of hydrogen-bond acceptors (Lipinski definition) is 5. The summed E-state index contributed by atoms with van der Waals surface area (Å²) < 4.78 is 0. The average molecular weight is 217 g/mol. The molecule has 0 aromatic carbocycles. The number of nitrogens with two attached hydrogens (primary N) is 3. The van der Waals surface area contributed by atoms with Gasteiger partial charge in [-0.15, -0.1) is 0 Å². The molecule has 0 amide bonds. The summed E-state index contributed by atoms with van der Waals surface area (Å²) in [6.45, 7) is 1.68. The third kappa shape index (κ3) is 3.94. The molecular weight excluding hydrogens is 198 g/mol. The molecule has 0 saturated carbocycles. The molecule has 0 unspecified atom stereocenters. The number of aliphatic carboxylic acids is 1. The zero-order valence-corrected chi connectivity index (χ0v) is 8.90. The zero-order valence-electron chi connectivity index (χ0n) is 8.90. The van der Waals surface area contributed by atoms with Crippen LogP contribution < -0.4 is 17.2 Å². The van der Waals surface area contributed by atoms with Gasteiger partial charge in [-0.1, -0.05) is 6.42 Å². The van der Waals surface area contributed by atoms with Crippen molar-refractivity contribution in [3.05, 3.63) is 0 Å². The van der Waals surface area contributed by atoms with Crippen LogP contribution in [0.5, 0.6) is 0 Å². The van der Waals surface area contributed by atoms with Gasteiger partial charge in [0.15, 0.2) is 11.3 Å². The van der Waals surface area contributed by atoms with E-state index in [9.17, 15) is 9.59 Å². The molecule has 0 rings (SSSR count). The van der Waals surface area contributed by atoms with Gasteiger partial charge in [-0.05, 0) is 26.3 Å². The minimum Gasteiger partial charge on any atom is -0.480 e. The molecule has 0 saturated heterocycles. The normalized spacial score (nSPS) is 16.8. The van der Waals surface area contributed by atoms with Crippen LogP contribution in [0.1, 0.15) is 26.2 Å². The summed E-state index contributed by atoms with van der Waals surface area (Å²) >= 11 is 0. The second kappa shape index (κ2) is 5.79. The number of rotatable bonds is 7. The van der Waals surface area contributed by atoms with Gasteiger partial charge in [-0.2, -0.15) is 0 Å². The van der Waals surface area contributed by atoms with Crippen molar-refractivity contribution in [2.45, 2.75) is 37.8 Å². The van der Waals surface area contributed by atoms with Crippen LogP contribution in [0.4, 0.5) is 0 Å². The van der Waals surface area contributed by atoms with Crippen molar-refractivity contribution in [3.8, 4) is 0 Å². The van der Waals surface area contributed by atoms with Crippen molar-refractivity contribution in [1.82, 2.24) is 0 Å². The number of ketones is 1. The Morgan fingerprint density at radius 1 is 1.40 bits per heavy atom. The molecular formula is C9H19N3O3. The Kier molecular flexibility index (Phi) is 5.41. The lowest BCUT2D eigenvalue weighted by Gasteiger charge is -2.21. The molecule has 0 radical (unpaired) electrons. The molecule has 7 N–H and O–H groups in total. The highest BCUT2D eigenvalue weighted by atomic mass is 16.4. The van der Waals surface area contributed by atoms with E-state index in [0.29, 0.717) is 19.4 Å². The molecule has 2 atom stereocenters. The molecule has 0 aliphatic rings. The number of carbonyl (C=O) groups is 2. The Bertz CT molecular complexity index is 241. The summed E-state index contributed by atoms with van der Waals surface area (Å²) in [5.74, 6) is -2.01. The lowest BCUT2D eigenvalue weighted by atomic mass is 9.90. The zero-order chi connectivity index (χ0) is 12.1. The Labute approximate surface area is 88.8 Å². The van der Waals surface area contributed by atoms with Gasteiger partial charge >= 0.3 is 5.97 Å². The van der Waals surface area contributed by atoms with Crippen molar-refractivity contribution in [2.24, 2.45) is 17.2 Å². The van der Waals surface area contributed by atoms with Crippen LogP contribution >= 0.6 is 0 Å². The molecule has 0 spiro atoms. The summed E-state index contributed by atoms with van der Waals surface area (Å²) in [5.41, 5.74) is 14.3. The van der Waals surface area contributed by atoms with E-state index in [0.717, 1.165) is 13.3 Å². The molecule has 0 aromatic heterocycles. The van der Waals surface area contributed by atoms with Crippen molar-refractivity contribution < 1.29 is 14.7 Å². The van der Waals surface area contributed by atoms with E-state index in [1.54, 1.807) is 0 Å². The summed E-state index contributed by atoms with van der Waals surface area (Å²) in [4.78, 5) is 22.2. The van der Waals surface area contributed by atoms with Crippen LogP contribution in [0.25, 0.3) is 0 Å². The van der Waals surface area contributed by atoms with Crippen LogP contribution in [0, 0.1) is 0 Å². The van der Waals surface area contributed by atoms with Crippen LogP contribution in [-0.2, 0) is 9.59 Å². The van der Waals surface area contributed by atoms with Gasteiger partial charge in [0.1, 0.15) is 0 Å². The maximum Gasteiger partial charge on any atom is 0.331 e. The molecule has 6 nitrogen and oxygen atoms in total. The third-order valence-electron chi connectivity index (χ3n) is 2.26. The predicted molar refractivity (Wildman–Crippen MR) is 56.1 cm³/mol. The number of Topliss-reactive ketones (excluding diaryl/α,β-unsaturated/α-hetero) is 1. The molecule has 0 heterocycles. The summed E-state index contributed by atoms with van der Waals surface area (Å²) in [6.07, 6.45) is 1.87. The first-order valence-corrected chi connectivity index (χ1v) is 4.86. The average Bonchev–Trinajstić information content (AvgIpc) is 2.16. The lowest BCUT2D eigenvalue weighted by molar-refractivity contribution is -0.147. The third-order valence-corrected chi connectivity index (χ3v) is 2.26. The molecule has 88 valence electrons. The fraction of sp³-hybridized carbons (Fsp3) is 0.778. The molecule has 0 fully saturated rings. The van der Waals surface area contributed by atoms with Gasteiger partial charge in [-0.25, -0.2) is 4.79 Å². The van der Waals surface area contributed by atoms with E-state index in [1.165, 1.54) is 0 Å². The van der Waals surface area contributed by atoms with Crippen LogP contribution in [0.2, 0.25) is 0 Å². The van der Waals surface area contributed by atoms with Crippen molar-refractivity contribution >= 4 is 11.8 Å². The maximum atomic E-state index is 11.5. The predicted octanol–water partition coefficient (Wildman–Crippen LogP) is -1.19. The first kappa shape index (κ1) is 14.0. The quantitative estimate of drug-likeness (QED) is 0.313. The lowest BCUT2D eigenvalue weighted by Crippen LogP contribution is -2.58. The molecule has 15 heavy (non-hydrogen) atoms. The van der Waals surface area contributed by atoms with Crippen LogP contribution in [0.3, 0.4) is 0 Å². The Balaban J connectivity index is 4.25. The number of hydrogen-bond donors (Lipinski definition) is 4. The van der Waals surface area contributed by atoms with Crippen LogP contribution in [-0.4, -0.2) is 35.0 Å². The van der Waals surface area contributed by atoms with Crippen molar-refractivity contribution in [1.29, 1.82) is 0 Å². The van der Waals surface area contributed by atoms with Gasteiger partial charge in [0.05, 0.1) is 6.04 Å². The van der Waals surface area contributed by atoms with Crippen molar-refractivity contribution in [2.75, 3.05) is 6.54 Å². The number of carboxylic acid groups (broad SMARTS) is 1. The molecule has 0 aliphatic heterocycles. The summed E-state index contributed by atoms with van der Waals surface area (Å²) in [7, 11) is 0. The Morgan fingerprint density at radius 2 is 1.93 bits per heavy atom. The largest absolute Gasteiger partial charge is 0.480 e. The van der Waals surface area contributed by atoms with Gasteiger partial charge in [0, 0.05) is 0 Å². The van der Waals surface area contributed by atoms with E-state index in [4.69, 9.17) is 22.3 Å². The van der Waals surface area contributed by atoms with E-state index in [1.807, 2.05) is 0 Å².